The maximum Gasteiger partial charge on any atom is 0.129 e. The van der Waals surface area contributed by atoms with Gasteiger partial charge in [0.05, 0.1) is 17.2 Å². The molecule has 1 aliphatic rings. The second-order valence-electron chi connectivity index (χ2n) is 5.28. The number of nitriles is 1. The SMILES string of the molecule is N#Cc1ccc(O[C@H]2CC[C@H](N)CC2)c2cccnc12. The van der Waals surface area contributed by atoms with Crippen LogP contribution in [0.4, 0.5) is 0 Å². The Morgan fingerprint density at radius 3 is 2.75 bits per heavy atom. The molecule has 1 saturated carbocycles. The van der Waals surface area contributed by atoms with Crippen LogP contribution in [0.3, 0.4) is 0 Å². The first-order valence-corrected chi connectivity index (χ1v) is 6.98. The van der Waals surface area contributed by atoms with E-state index in [9.17, 15) is 0 Å². The van der Waals surface area contributed by atoms with E-state index in [1.165, 1.54) is 0 Å². The first-order chi connectivity index (χ1) is 9.78. The molecule has 0 saturated heterocycles. The number of hydrogen-bond acceptors (Lipinski definition) is 4. The van der Waals surface area contributed by atoms with E-state index in [1.54, 1.807) is 12.3 Å². The van der Waals surface area contributed by atoms with E-state index in [2.05, 4.69) is 11.1 Å². The summed E-state index contributed by atoms with van der Waals surface area (Å²) in [6, 6.07) is 9.95. The van der Waals surface area contributed by atoms with Crippen LogP contribution in [0, 0.1) is 11.3 Å². The van der Waals surface area contributed by atoms with E-state index in [0.717, 1.165) is 36.8 Å². The quantitative estimate of drug-likeness (QED) is 0.908. The highest BCUT2D eigenvalue weighted by atomic mass is 16.5. The summed E-state index contributed by atoms with van der Waals surface area (Å²) in [6.07, 6.45) is 5.92. The van der Waals surface area contributed by atoms with Crippen LogP contribution in [-0.4, -0.2) is 17.1 Å². The van der Waals surface area contributed by atoms with Crippen molar-refractivity contribution in [1.29, 1.82) is 5.26 Å². The van der Waals surface area contributed by atoms with E-state index < -0.39 is 0 Å². The summed E-state index contributed by atoms with van der Waals surface area (Å²) >= 11 is 0. The number of pyridine rings is 1. The molecule has 0 amide bonds. The molecule has 1 aromatic heterocycles. The van der Waals surface area contributed by atoms with Gasteiger partial charge in [-0.05, 0) is 49.9 Å². The molecule has 3 rings (SSSR count). The molecule has 0 atom stereocenters. The van der Waals surface area contributed by atoms with Gasteiger partial charge in [-0.3, -0.25) is 4.98 Å². The predicted octanol–water partition coefficient (Wildman–Crippen LogP) is 2.76. The normalized spacial score (nSPS) is 22.4. The zero-order valence-corrected chi connectivity index (χ0v) is 11.2. The highest BCUT2D eigenvalue weighted by molar-refractivity contribution is 5.89. The third-order valence-corrected chi connectivity index (χ3v) is 3.86. The molecular weight excluding hydrogens is 250 g/mol. The zero-order chi connectivity index (χ0) is 13.9. The fourth-order valence-electron chi connectivity index (χ4n) is 2.73. The van der Waals surface area contributed by atoms with Crippen molar-refractivity contribution in [3.05, 3.63) is 36.0 Å². The molecule has 0 unspecified atom stereocenters. The number of nitrogens with two attached hydrogens (primary N) is 1. The van der Waals surface area contributed by atoms with Gasteiger partial charge in [-0.1, -0.05) is 0 Å². The molecule has 0 spiro atoms. The van der Waals surface area contributed by atoms with Crippen LogP contribution in [0.25, 0.3) is 10.9 Å². The van der Waals surface area contributed by atoms with Gasteiger partial charge in [-0.25, -0.2) is 0 Å². The van der Waals surface area contributed by atoms with Crippen LogP contribution in [-0.2, 0) is 0 Å². The van der Waals surface area contributed by atoms with Gasteiger partial charge >= 0.3 is 0 Å². The monoisotopic (exact) mass is 267 g/mol. The van der Waals surface area contributed by atoms with Gasteiger partial charge in [0, 0.05) is 17.6 Å². The number of rotatable bonds is 2. The lowest BCUT2D eigenvalue weighted by Crippen LogP contribution is -2.31. The molecule has 4 heteroatoms. The molecule has 1 aliphatic carbocycles. The van der Waals surface area contributed by atoms with Crippen LogP contribution in [0.15, 0.2) is 30.5 Å². The van der Waals surface area contributed by atoms with Crippen LogP contribution < -0.4 is 10.5 Å². The van der Waals surface area contributed by atoms with Gasteiger partial charge in [0.2, 0.25) is 0 Å². The van der Waals surface area contributed by atoms with Crippen molar-refractivity contribution in [3.8, 4) is 11.8 Å². The first-order valence-electron chi connectivity index (χ1n) is 6.98. The molecular formula is C16H17N3O. The molecule has 0 radical (unpaired) electrons. The Morgan fingerprint density at radius 2 is 2.00 bits per heavy atom. The van der Waals surface area contributed by atoms with Crippen LogP contribution in [0.5, 0.6) is 5.75 Å². The van der Waals surface area contributed by atoms with Crippen molar-refractivity contribution in [3.63, 3.8) is 0 Å². The number of hydrogen-bond donors (Lipinski definition) is 1. The summed E-state index contributed by atoms with van der Waals surface area (Å²) in [7, 11) is 0. The summed E-state index contributed by atoms with van der Waals surface area (Å²) in [5.41, 5.74) is 7.21. The molecule has 1 aromatic carbocycles. The lowest BCUT2D eigenvalue weighted by Gasteiger charge is -2.27. The van der Waals surface area contributed by atoms with Gasteiger partial charge in [-0.2, -0.15) is 5.26 Å². The van der Waals surface area contributed by atoms with Gasteiger partial charge < -0.3 is 10.5 Å². The van der Waals surface area contributed by atoms with E-state index in [1.807, 2.05) is 18.2 Å². The summed E-state index contributed by atoms with van der Waals surface area (Å²) in [6.45, 7) is 0. The van der Waals surface area contributed by atoms with Crippen molar-refractivity contribution in [2.45, 2.75) is 37.8 Å². The number of aromatic nitrogens is 1. The molecule has 2 aromatic rings. The Labute approximate surface area is 118 Å². The highest BCUT2D eigenvalue weighted by Crippen LogP contribution is 2.30. The number of benzene rings is 1. The third kappa shape index (κ3) is 2.45. The Bertz CT molecular complexity index is 654. The van der Waals surface area contributed by atoms with E-state index in [0.29, 0.717) is 17.1 Å². The Hall–Kier alpha value is -2.12. The summed E-state index contributed by atoms with van der Waals surface area (Å²) in [5.74, 6) is 0.813. The van der Waals surface area contributed by atoms with E-state index in [-0.39, 0.29) is 6.10 Å². The summed E-state index contributed by atoms with van der Waals surface area (Å²) in [4.78, 5) is 4.30. The molecule has 20 heavy (non-hydrogen) atoms. The van der Waals surface area contributed by atoms with E-state index in [4.69, 9.17) is 15.7 Å². The standard InChI is InChI=1S/C16H17N3O/c17-10-11-3-8-15(14-2-1-9-19-16(11)14)20-13-6-4-12(18)5-7-13/h1-3,8-9,12-13H,4-7,18H2/t12-,13-. The maximum atomic E-state index is 9.13. The third-order valence-electron chi connectivity index (χ3n) is 3.86. The summed E-state index contributed by atoms with van der Waals surface area (Å²) < 4.78 is 6.11. The number of fused-ring (bicyclic) bond motifs is 1. The van der Waals surface area contributed by atoms with Gasteiger partial charge in [0.15, 0.2) is 0 Å². The van der Waals surface area contributed by atoms with Crippen LogP contribution >= 0.6 is 0 Å². The fourth-order valence-corrected chi connectivity index (χ4v) is 2.73. The average Bonchev–Trinajstić information content (AvgIpc) is 2.50. The molecule has 0 bridgehead atoms. The number of ether oxygens (including phenoxy) is 1. The lowest BCUT2D eigenvalue weighted by molar-refractivity contribution is 0.149. The highest BCUT2D eigenvalue weighted by Gasteiger charge is 2.20. The molecule has 2 N–H and O–H groups in total. The zero-order valence-electron chi connectivity index (χ0n) is 11.2. The minimum atomic E-state index is 0.214. The van der Waals surface area contributed by atoms with Crippen molar-refractivity contribution < 1.29 is 4.74 Å². The topological polar surface area (TPSA) is 71.9 Å². The molecule has 0 aliphatic heterocycles. The minimum absolute atomic E-state index is 0.214. The van der Waals surface area contributed by atoms with Crippen molar-refractivity contribution in [2.75, 3.05) is 0 Å². The molecule has 102 valence electrons. The van der Waals surface area contributed by atoms with Crippen molar-refractivity contribution in [2.24, 2.45) is 5.73 Å². The largest absolute Gasteiger partial charge is 0.490 e. The van der Waals surface area contributed by atoms with Crippen molar-refractivity contribution in [1.82, 2.24) is 4.98 Å². The van der Waals surface area contributed by atoms with E-state index >= 15 is 0 Å². The second-order valence-corrected chi connectivity index (χ2v) is 5.28. The molecule has 4 nitrogen and oxygen atoms in total. The van der Waals surface area contributed by atoms with Crippen LogP contribution in [0.1, 0.15) is 31.2 Å². The van der Waals surface area contributed by atoms with Crippen LogP contribution in [0.2, 0.25) is 0 Å². The van der Waals surface area contributed by atoms with Gasteiger partial charge in [0.25, 0.3) is 0 Å². The Kier molecular flexibility index (Phi) is 3.53. The Balaban J connectivity index is 1.91. The molecule has 1 heterocycles. The van der Waals surface area contributed by atoms with Crippen molar-refractivity contribution >= 4 is 10.9 Å². The minimum Gasteiger partial charge on any atom is -0.490 e. The second kappa shape index (κ2) is 5.48. The van der Waals surface area contributed by atoms with Gasteiger partial charge in [-0.15, -0.1) is 0 Å². The van der Waals surface area contributed by atoms with Gasteiger partial charge in [0.1, 0.15) is 11.8 Å². The number of nitrogens with zero attached hydrogens (tertiary/aromatic N) is 2. The smallest absolute Gasteiger partial charge is 0.129 e. The predicted molar refractivity (Wildman–Crippen MR) is 77.3 cm³/mol. The molecule has 1 fully saturated rings. The fraction of sp³-hybridized carbons (Fsp3) is 0.375. The first kappa shape index (κ1) is 12.9. The lowest BCUT2D eigenvalue weighted by atomic mass is 9.93. The maximum absolute atomic E-state index is 9.13. The Morgan fingerprint density at radius 1 is 1.20 bits per heavy atom. The summed E-state index contributed by atoms with van der Waals surface area (Å²) in [5, 5.41) is 10.0. The average molecular weight is 267 g/mol.